The Hall–Kier alpha value is -2.00. The maximum atomic E-state index is 5.72. The van der Waals surface area contributed by atoms with E-state index in [0.717, 1.165) is 16.6 Å². The number of hydrogen-bond acceptors (Lipinski definition) is 2. The van der Waals surface area contributed by atoms with Gasteiger partial charge < -0.3 is 10.1 Å². The molecule has 3 unspecified atom stereocenters. The molecule has 0 amide bonds. The summed E-state index contributed by atoms with van der Waals surface area (Å²) in [4.78, 5) is 0. The highest BCUT2D eigenvalue weighted by molar-refractivity contribution is 9.10. The zero-order valence-corrected chi connectivity index (χ0v) is 15.0. The molecule has 0 saturated heterocycles. The number of halogens is 1. The summed E-state index contributed by atoms with van der Waals surface area (Å²) in [6.45, 7) is 4.25. The standard InChI is InChI=1S/C21H20BrNO/c1-2-12-24-16-10-11-20-19(13-16)17-4-3-5-18(17)21(23-20)14-6-8-15(22)9-7-14/h2-4,6-11,13,17-18,21,23H,1,5,12H2. The quantitative estimate of drug-likeness (QED) is 0.671. The SMILES string of the molecule is C=CCOc1ccc2c(c1)C1C=CCC1C(c1ccc(Br)cc1)N2. The first-order valence-electron chi connectivity index (χ1n) is 8.32. The molecule has 0 aromatic heterocycles. The molecule has 0 spiro atoms. The van der Waals surface area contributed by atoms with E-state index in [0.29, 0.717) is 24.5 Å². The molecule has 122 valence electrons. The van der Waals surface area contributed by atoms with Crippen LogP contribution in [0.3, 0.4) is 0 Å². The molecule has 1 aliphatic heterocycles. The lowest BCUT2D eigenvalue weighted by Crippen LogP contribution is -2.29. The second kappa shape index (κ2) is 6.48. The normalized spacial score (nSPS) is 24.0. The van der Waals surface area contributed by atoms with Crippen LogP contribution in [0.25, 0.3) is 0 Å². The fourth-order valence-electron chi connectivity index (χ4n) is 3.82. The van der Waals surface area contributed by atoms with Gasteiger partial charge in [0.05, 0.1) is 6.04 Å². The highest BCUT2D eigenvalue weighted by Crippen LogP contribution is 2.50. The van der Waals surface area contributed by atoms with Crippen molar-refractivity contribution in [3.05, 3.63) is 82.9 Å². The Morgan fingerprint density at radius 2 is 2.04 bits per heavy atom. The van der Waals surface area contributed by atoms with Gasteiger partial charge >= 0.3 is 0 Å². The Bertz CT molecular complexity index is 781. The maximum Gasteiger partial charge on any atom is 0.120 e. The Labute approximate surface area is 151 Å². The monoisotopic (exact) mass is 381 g/mol. The van der Waals surface area contributed by atoms with Crippen molar-refractivity contribution in [2.45, 2.75) is 18.4 Å². The predicted molar refractivity (Wildman–Crippen MR) is 103 cm³/mol. The lowest BCUT2D eigenvalue weighted by Gasteiger charge is -2.37. The second-order valence-electron chi connectivity index (χ2n) is 6.38. The third kappa shape index (κ3) is 2.78. The second-order valence-corrected chi connectivity index (χ2v) is 7.29. The first-order chi connectivity index (χ1) is 11.8. The van der Waals surface area contributed by atoms with Gasteiger partial charge in [0.2, 0.25) is 0 Å². The minimum absolute atomic E-state index is 0.338. The van der Waals surface area contributed by atoms with Gasteiger partial charge in [-0.3, -0.25) is 0 Å². The maximum absolute atomic E-state index is 5.72. The van der Waals surface area contributed by atoms with Gasteiger partial charge in [-0.15, -0.1) is 0 Å². The number of nitrogens with one attached hydrogen (secondary N) is 1. The molecule has 4 rings (SSSR count). The van der Waals surface area contributed by atoms with Crippen LogP contribution < -0.4 is 10.1 Å². The van der Waals surface area contributed by atoms with Crippen molar-refractivity contribution < 1.29 is 4.74 Å². The molecule has 0 fully saturated rings. The molecule has 2 aliphatic rings. The largest absolute Gasteiger partial charge is 0.490 e. The van der Waals surface area contributed by atoms with E-state index in [1.165, 1.54) is 16.8 Å². The summed E-state index contributed by atoms with van der Waals surface area (Å²) >= 11 is 3.53. The third-order valence-corrected chi connectivity index (χ3v) is 5.46. The van der Waals surface area contributed by atoms with E-state index in [1.54, 1.807) is 6.08 Å². The Balaban J connectivity index is 1.69. The number of anilines is 1. The Morgan fingerprint density at radius 3 is 2.83 bits per heavy atom. The lowest BCUT2D eigenvalue weighted by atomic mass is 9.77. The summed E-state index contributed by atoms with van der Waals surface area (Å²) < 4.78 is 6.84. The van der Waals surface area contributed by atoms with E-state index in [-0.39, 0.29) is 0 Å². The molecular weight excluding hydrogens is 362 g/mol. The van der Waals surface area contributed by atoms with Crippen LogP contribution in [0.1, 0.15) is 29.5 Å². The number of hydrogen-bond donors (Lipinski definition) is 1. The van der Waals surface area contributed by atoms with Crippen LogP contribution in [0.4, 0.5) is 5.69 Å². The van der Waals surface area contributed by atoms with Crippen molar-refractivity contribution in [3.63, 3.8) is 0 Å². The molecule has 0 bridgehead atoms. The molecule has 1 heterocycles. The minimum Gasteiger partial charge on any atom is -0.490 e. The van der Waals surface area contributed by atoms with Crippen molar-refractivity contribution in [2.24, 2.45) is 5.92 Å². The Kier molecular flexibility index (Phi) is 4.19. The fraction of sp³-hybridized carbons (Fsp3) is 0.238. The van der Waals surface area contributed by atoms with Crippen LogP contribution >= 0.6 is 15.9 Å². The van der Waals surface area contributed by atoms with E-state index < -0.39 is 0 Å². The number of rotatable bonds is 4. The van der Waals surface area contributed by atoms with Gasteiger partial charge in [-0.1, -0.05) is 52.9 Å². The summed E-state index contributed by atoms with van der Waals surface area (Å²) in [5.74, 6) is 1.91. The van der Waals surface area contributed by atoms with E-state index in [1.807, 2.05) is 6.07 Å². The van der Waals surface area contributed by atoms with Crippen LogP contribution in [-0.4, -0.2) is 6.61 Å². The molecule has 1 aliphatic carbocycles. The van der Waals surface area contributed by atoms with Gasteiger partial charge in [-0.05, 0) is 53.8 Å². The van der Waals surface area contributed by atoms with Crippen LogP contribution in [0.5, 0.6) is 5.75 Å². The zero-order valence-electron chi connectivity index (χ0n) is 13.4. The van der Waals surface area contributed by atoms with Crippen LogP contribution in [0.15, 0.2) is 71.7 Å². The average molecular weight is 382 g/mol. The lowest BCUT2D eigenvalue weighted by molar-refractivity contribution is 0.361. The molecule has 0 radical (unpaired) electrons. The van der Waals surface area contributed by atoms with Crippen molar-refractivity contribution >= 4 is 21.6 Å². The molecule has 24 heavy (non-hydrogen) atoms. The van der Waals surface area contributed by atoms with E-state index >= 15 is 0 Å². The van der Waals surface area contributed by atoms with Gasteiger partial charge in [-0.2, -0.15) is 0 Å². The van der Waals surface area contributed by atoms with Crippen LogP contribution in [0.2, 0.25) is 0 Å². The molecule has 2 nitrogen and oxygen atoms in total. The third-order valence-electron chi connectivity index (χ3n) is 4.93. The zero-order chi connectivity index (χ0) is 16.5. The molecule has 3 atom stereocenters. The molecule has 0 saturated carbocycles. The highest BCUT2D eigenvalue weighted by Gasteiger charge is 2.37. The van der Waals surface area contributed by atoms with Crippen molar-refractivity contribution in [3.8, 4) is 5.75 Å². The molecule has 2 aromatic carbocycles. The summed E-state index contributed by atoms with van der Waals surface area (Å²) in [5, 5.41) is 3.76. The fourth-order valence-corrected chi connectivity index (χ4v) is 4.08. The van der Waals surface area contributed by atoms with E-state index in [2.05, 4.69) is 76.4 Å². The van der Waals surface area contributed by atoms with E-state index in [9.17, 15) is 0 Å². The van der Waals surface area contributed by atoms with Gasteiger partial charge in [0.25, 0.3) is 0 Å². The molecular formula is C21H20BrNO. The van der Waals surface area contributed by atoms with E-state index in [4.69, 9.17) is 4.74 Å². The highest BCUT2D eigenvalue weighted by atomic mass is 79.9. The van der Waals surface area contributed by atoms with Crippen molar-refractivity contribution in [1.82, 2.24) is 0 Å². The van der Waals surface area contributed by atoms with Crippen molar-refractivity contribution in [2.75, 3.05) is 11.9 Å². The number of allylic oxidation sites excluding steroid dienone is 2. The number of fused-ring (bicyclic) bond motifs is 3. The first kappa shape index (κ1) is 15.5. The van der Waals surface area contributed by atoms with Gasteiger partial charge in [0, 0.05) is 16.1 Å². The summed E-state index contributed by atoms with van der Waals surface area (Å²) in [5.41, 5.74) is 3.89. The first-order valence-corrected chi connectivity index (χ1v) is 9.12. The predicted octanol–water partition coefficient (Wildman–Crippen LogP) is 5.84. The topological polar surface area (TPSA) is 21.3 Å². The Morgan fingerprint density at radius 1 is 1.21 bits per heavy atom. The molecule has 3 heteroatoms. The minimum atomic E-state index is 0.338. The van der Waals surface area contributed by atoms with Crippen molar-refractivity contribution in [1.29, 1.82) is 0 Å². The molecule has 1 N–H and O–H groups in total. The summed E-state index contributed by atoms with van der Waals surface area (Å²) in [7, 11) is 0. The van der Waals surface area contributed by atoms with Gasteiger partial charge in [0.15, 0.2) is 0 Å². The number of ether oxygens (including phenoxy) is 1. The number of benzene rings is 2. The summed E-state index contributed by atoms with van der Waals surface area (Å²) in [6, 6.07) is 15.4. The molecule has 2 aromatic rings. The smallest absolute Gasteiger partial charge is 0.120 e. The van der Waals surface area contributed by atoms with Gasteiger partial charge in [0.1, 0.15) is 12.4 Å². The average Bonchev–Trinajstić information content (AvgIpc) is 3.10. The van der Waals surface area contributed by atoms with Crippen LogP contribution in [-0.2, 0) is 0 Å². The van der Waals surface area contributed by atoms with Crippen LogP contribution in [0, 0.1) is 5.92 Å². The van der Waals surface area contributed by atoms with Gasteiger partial charge in [-0.25, -0.2) is 0 Å². The summed E-state index contributed by atoms with van der Waals surface area (Å²) in [6.07, 6.45) is 7.55.